The van der Waals surface area contributed by atoms with E-state index in [0.717, 1.165) is 0 Å². The molecule has 1 heterocycles. The Kier molecular flexibility index (Phi) is 6.53. The molecule has 0 aliphatic heterocycles. The van der Waals surface area contributed by atoms with Crippen molar-refractivity contribution in [3.8, 4) is 12.3 Å². The topological polar surface area (TPSA) is 127 Å². The fraction of sp³-hybridized carbons (Fsp3) is 0.227. The average molecular weight is 438 g/mol. The Hall–Kier alpha value is -3.48. The lowest BCUT2D eigenvalue weighted by atomic mass is 10.0. The van der Waals surface area contributed by atoms with Crippen LogP contribution < -0.4 is 15.8 Å². The molecule has 0 fully saturated rings. The van der Waals surface area contributed by atoms with E-state index in [2.05, 4.69) is 25.9 Å². The normalized spacial score (nSPS) is 12.5. The van der Waals surface area contributed by atoms with E-state index in [0.29, 0.717) is 16.7 Å². The van der Waals surface area contributed by atoms with Gasteiger partial charge in [0, 0.05) is 10.9 Å². The van der Waals surface area contributed by atoms with E-state index < -0.39 is 22.0 Å². The number of nitrogens with two attached hydrogens (primary N) is 1. The number of sulfonamides is 1. The van der Waals surface area contributed by atoms with Gasteiger partial charge < -0.3 is 11.1 Å². The van der Waals surface area contributed by atoms with Gasteiger partial charge in [0.05, 0.1) is 17.0 Å². The number of carbonyl (C=O) groups is 1. The Morgan fingerprint density at radius 1 is 1.13 bits per heavy atom. The molecule has 0 bridgehead atoms. The molecule has 0 saturated heterocycles. The molecule has 1 amide bonds. The number of aromatic nitrogens is 2. The van der Waals surface area contributed by atoms with E-state index in [-0.39, 0.29) is 28.7 Å². The third-order valence-electron chi connectivity index (χ3n) is 4.67. The zero-order chi connectivity index (χ0) is 22.6. The SMILES string of the molecule is C#Cc1ccccc1S(=O)(=O)NCc1nc(N[C@H](C(N)=O)C(C)C)c2ccccc2n1. The molecule has 9 heteroatoms. The van der Waals surface area contributed by atoms with Gasteiger partial charge in [0.1, 0.15) is 17.7 Å². The van der Waals surface area contributed by atoms with E-state index in [1.165, 1.54) is 6.07 Å². The third kappa shape index (κ3) is 4.99. The molecule has 0 unspecified atom stereocenters. The molecule has 0 aliphatic carbocycles. The number of para-hydroxylation sites is 1. The molecule has 31 heavy (non-hydrogen) atoms. The van der Waals surface area contributed by atoms with Crippen molar-refractivity contribution in [2.45, 2.75) is 31.3 Å². The van der Waals surface area contributed by atoms with Gasteiger partial charge in [-0.15, -0.1) is 6.42 Å². The predicted molar refractivity (Wildman–Crippen MR) is 119 cm³/mol. The zero-order valence-corrected chi connectivity index (χ0v) is 18.0. The maximum atomic E-state index is 12.8. The number of nitrogens with one attached hydrogen (secondary N) is 2. The van der Waals surface area contributed by atoms with E-state index in [1.54, 1.807) is 24.3 Å². The fourth-order valence-electron chi connectivity index (χ4n) is 3.08. The summed E-state index contributed by atoms with van der Waals surface area (Å²) in [5, 5.41) is 3.77. The molecule has 4 N–H and O–H groups in total. The molecule has 0 radical (unpaired) electrons. The number of anilines is 1. The number of hydrogen-bond donors (Lipinski definition) is 3. The van der Waals surface area contributed by atoms with Gasteiger partial charge in [0.2, 0.25) is 15.9 Å². The first-order valence-electron chi connectivity index (χ1n) is 9.59. The maximum absolute atomic E-state index is 12.8. The second-order valence-electron chi connectivity index (χ2n) is 7.24. The average Bonchev–Trinajstić information content (AvgIpc) is 2.75. The van der Waals surface area contributed by atoms with Gasteiger partial charge in [-0.1, -0.05) is 44.0 Å². The molecule has 1 aromatic heterocycles. The van der Waals surface area contributed by atoms with Crippen LogP contribution >= 0.6 is 0 Å². The molecule has 1 atom stereocenters. The zero-order valence-electron chi connectivity index (χ0n) is 17.2. The van der Waals surface area contributed by atoms with Crippen LogP contribution in [0.4, 0.5) is 5.82 Å². The van der Waals surface area contributed by atoms with Crippen molar-refractivity contribution in [3.05, 3.63) is 59.9 Å². The van der Waals surface area contributed by atoms with Crippen LogP contribution in [0.1, 0.15) is 25.2 Å². The number of rotatable bonds is 8. The summed E-state index contributed by atoms with van der Waals surface area (Å²) >= 11 is 0. The predicted octanol–water partition coefficient (Wildman–Crippen LogP) is 2.01. The Morgan fingerprint density at radius 2 is 1.81 bits per heavy atom. The quantitative estimate of drug-likeness (QED) is 0.463. The molecular weight excluding hydrogens is 414 g/mol. The van der Waals surface area contributed by atoms with Crippen LogP contribution in [0, 0.1) is 18.3 Å². The number of amides is 1. The maximum Gasteiger partial charge on any atom is 0.242 e. The van der Waals surface area contributed by atoms with Crippen LogP contribution in [-0.2, 0) is 21.4 Å². The summed E-state index contributed by atoms with van der Waals surface area (Å²) in [6, 6.07) is 12.8. The molecular formula is C22H23N5O3S. The minimum Gasteiger partial charge on any atom is -0.368 e. The molecule has 8 nitrogen and oxygen atoms in total. The summed E-state index contributed by atoms with van der Waals surface area (Å²) in [5.74, 6) is 2.42. The number of fused-ring (bicyclic) bond motifs is 1. The molecule has 0 saturated carbocycles. The summed E-state index contributed by atoms with van der Waals surface area (Å²) in [7, 11) is -3.88. The van der Waals surface area contributed by atoms with Gasteiger partial charge in [-0.05, 0) is 30.2 Å². The highest BCUT2D eigenvalue weighted by atomic mass is 32.2. The second kappa shape index (κ2) is 9.12. The number of primary amides is 1. The Morgan fingerprint density at radius 3 is 2.48 bits per heavy atom. The first-order chi connectivity index (χ1) is 14.7. The lowest BCUT2D eigenvalue weighted by molar-refractivity contribution is -0.119. The van der Waals surface area contributed by atoms with Crippen LogP contribution in [0.3, 0.4) is 0 Å². The summed E-state index contributed by atoms with van der Waals surface area (Å²) in [6.07, 6.45) is 5.42. The summed E-state index contributed by atoms with van der Waals surface area (Å²) in [4.78, 5) is 20.7. The number of nitrogens with zero attached hydrogens (tertiary/aromatic N) is 2. The van der Waals surface area contributed by atoms with Crippen LogP contribution in [0.2, 0.25) is 0 Å². The van der Waals surface area contributed by atoms with Gasteiger partial charge in [0.25, 0.3) is 0 Å². The largest absolute Gasteiger partial charge is 0.368 e. The van der Waals surface area contributed by atoms with Crippen molar-refractivity contribution in [2.24, 2.45) is 11.7 Å². The molecule has 3 aromatic rings. The first kappa shape index (κ1) is 22.2. The fourth-order valence-corrected chi connectivity index (χ4v) is 4.23. The number of carbonyl (C=O) groups excluding carboxylic acids is 1. The van der Waals surface area contributed by atoms with Gasteiger partial charge >= 0.3 is 0 Å². The highest BCUT2D eigenvalue weighted by Gasteiger charge is 2.22. The van der Waals surface area contributed by atoms with Crippen LogP contribution in [-0.4, -0.2) is 30.3 Å². The molecule has 0 spiro atoms. The van der Waals surface area contributed by atoms with Crippen molar-refractivity contribution in [1.82, 2.24) is 14.7 Å². The van der Waals surface area contributed by atoms with E-state index in [1.807, 2.05) is 32.0 Å². The lowest BCUT2D eigenvalue weighted by Crippen LogP contribution is -2.40. The lowest BCUT2D eigenvalue weighted by Gasteiger charge is -2.21. The van der Waals surface area contributed by atoms with Crippen LogP contribution in [0.15, 0.2) is 53.4 Å². The van der Waals surface area contributed by atoms with Gasteiger partial charge in [-0.25, -0.2) is 23.1 Å². The summed E-state index contributed by atoms with van der Waals surface area (Å²) in [5.41, 5.74) is 6.39. The standard InChI is InChI=1S/C22H23N5O3S/c1-4-15-9-5-8-12-18(15)31(29,30)24-13-19-25-17-11-7-6-10-16(17)22(26-19)27-20(14(2)3)21(23)28/h1,5-12,14,20,24H,13H2,2-3H3,(H2,23,28)(H,25,26,27)/t20-/m0/s1. The number of benzene rings is 2. The van der Waals surface area contributed by atoms with Crippen molar-refractivity contribution in [3.63, 3.8) is 0 Å². The molecule has 2 aromatic carbocycles. The number of hydrogen-bond acceptors (Lipinski definition) is 6. The Balaban J connectivity index is 1.94. The minimum absolute atomic E-state index is 0.00485. The van der Waals surface area contributed by atoms with Crippen molar-refractivity contribution < 1.29 is 13.2 Å². The summed E-state index contributed by atoms with van der Waals surface area (Å²) in [6.45, 7) is 3.57. The van der Waals surface area contributed by atoms with Crippen molar-refractivity contribution >= 4 is 32.7 Å². The Bertz CT molecular complexity index is 1270. The van der Waals surface area contributed by atoms with Crippen molar-refractivity contribution in [2.75, 3.05) is 5.32 Å². The highest BCUT2D eigenvalue weighted by molar-refractivity contribution is 7.89. The van der Waals surface area contributed by atoms with E-state index in [9.17, 15) is 13.2 Å². The van der Waals surface area contributed by atoms with Crippen LogP contribution in [0.25, 0.3) is 10.9 Å². The highest BCUT2D eigenvalue weighted by Crippen LogP contribution is 2.22. The van der Waals surface area contributed by atoms with Crippen LogP contribution in [0.5, 0.6) is 0 Å². The third-order valence-corrected chi connectivity index (χ3v) is 6.13. The van der Waals surface area contributed by atoms with Gasteiger partial charge in [0.15, 0.2) is 0 Å². The number of terminal acetylenes is 1. The molecule has 160 valence electrons. The monoisotopic (exact) mass is 437 g/mol. The van der Waals surface area contributed by atoms with Gasteiger partial charge in [-0.2, -0.15) is 0 Å². The molecule has 3 rings (SSSR count). The van der Waals surface area contributed by atoms with E-state index in [4.69, 9.17) is 12.2 Å². The minimum atomic E-state index is -3.88. The smallest absolute Gasteiger partial charge is 0.242 e. The van der Waals surface area contributed by atoms with E-state index >= 15 is 0 Å². The first-order valence-corrected chi connectivity index (χ1v) is 11.1. The molecule has 0 aliphatic rings. The Labute approximate surface area is 181 Å². The summed E-state index contributed by atoms with van der Waals surface area (Å²) < 4.78 is 28.0. The second-order valence-corrected chi connectivity index (χ2v) is 8.97. The van der Waals surface area contributed by atoms with Crippen molar-refractivity contribution in [1.29, 1.82) is 0 Å². The van der Waals surface area contributed by atoms with Gasteiger partial charge in [-0.3, -0.25) is 4.79 Å².